The van der Waals surface area contributed by atoms with Gasteiger partial charge in [-0.3, -0.25) is 0 Å². The molecule has 18 heavy (non-hydrogen) atoms. The molecule has 0 bridgehead atoms. The van der Waals surface area contributed by atoms with Gasteiger partial charge in [-0.1, -0.05) is 52.7 Å². The van der Waals surface area contributed by atoms with Crippen molar-refractivity contribution in [1.29, 1.82) is 0 Å². The monoisotopic (exact) mass is 324 g/mol. The van der Waals surface area contributed by atoms with E-state index in [1.807, 2.05) is 30.3 Å². The van der Waals surface area contributed by atoms with Gasteiger partial charge in [0.15, 0.2) is 0 Å². The minimum atomic E-state index is 0.680. The summed E-state index contributed by atoms with van der Waals surface area (Å²) in [6.45, 7) is 2.13. The standard InChI is InChI=1S/C15H14BrClO/c1-2-11-3-7-14(8-4-11)18-15-9-13(17)6-5-12(15)10-16/h3-9H,2,10H2,1H3. The van der Waals surface area contributed by atoms with E-state index in [2.05, 4.69) is 35.0 Å². The van der Waals surface area contributed by atoms with E-state index in [0.29, 0.717) is 5.02 Å². The Morgan fingerprint density at radius 3 is 2.44 bits per heavy atom. The summed E-state index contributed by atoms with van der Waals surface area (Å²) in [4.78, 5) is 0. The lowest BCUT2D eigenvalue weighted by Crippen LogP contribution is -1.90. The van der Waals surface area contributed by atoms with Crippen LogP contribution in [0.3, 0.4) is 0 Å². The van der Waals surface area contributed by atoms with Crippen molar-refractivity contribution in [3.8, 4) is 11.5 Å². The molecule has 0 spiro atoms. The van der Waals surface area contributed by atoms with Crippen LogP contribution in [0.1, 0.15) is 18.1 Å². The molecule has 2 rings (SSSR count). The second-order valence-corrected chi connectivity index (χ2v) is 4.98. The Labute approximate surface area is 121 Å². The van der Waals surface area contributed by atoms with Gasteiger partial charge in [0.05, 0.1) is 0 Å². The van der Waals surface area contributed by atoms with Crippen molar-refractivity contribution in [2.24, 2.45) is 0 Å². The summed E-state index contributed by atoms with van der Waals surface area (Å²) in [5.74, 6) is 1.63. The third-order valence-corrected chi connectivity index (χ3v) is 3.57. The van der Waals surface area contributed by atoms with Crippen LogP contribution in [0.15, 0.2) is 42.5 Å². The zero-order valence-electron chi connectivity index (χ0n) is 10.1. The fourth-order valence-corrected chi connectivity index (χ4v) is 2.28. The molecular formula is C15H14BrClO. The molecular weight excluding hydrogens is 312 g/mol. The quantitative estimate of drug-likeness (QED) is 0.666. The minimum Gasteiger partial charge on any atom is -0.457 e. The number of halogens is 2. The van der Waals surface area contributed by atoms with Crippen molar-refractivity contribution >= 4 is 27.5 Å². The highest BCUT2D eigenvalue weighted by atomic mass is 79.9. The van der Waals surface area contributed by atoms with Crippen molar-refractivity contribution in [3.63, 3.8) is 0 Å². The average molecular weight is 326 g/mol. The molecule has 0 unspecified atom stereocenters. The van der Waals surface area contributed by atoms with Crippen LogP contribution in [0.5, 0.6) is 11.5 Å². The van der Waals surface area contributed by atoms with E-state index < -0.39 is 0 Å². The molecule has 0 aliphatic rings. The van der Waals surface area contributed by atoms with Crippen molar-refractivity contribution in [1.82, 2.24) is 0 Å². The Morgan fingerprint density at radius 1 is 1.11 bits per heavy atom. The summed E-state index contributed by atoms with van der Waals surface area (Å²) in [6, 6.07) is 13.8. The lowest BCUT2D eigenvalue weighted by molar-refractivity contribution is 0.478. The van der Waals surface area contributed by atoms with Gasteiger partial charge in [-0.2, -0.15) is 0 Å². The second-order valence-electron chi connectivity index (χ2n) is 3.99. The SMILES string of the molecule is CCc1ccc(Oc2cc(Cl)ccc2CBr)cc1. The van der Waals surface area contributed by atoms with Crippen LogP contribution in [0.25, 0.3) is 0 Å². The number of aryl methyl sites for hydroxylation is 1. The molecule has 1 nitrogen and oxygen atoms in total. The molecule has 3 heteroatoms. The van der Waals surface area contributed by atoms with Crippen molar-refractivity contribution in [2.75, 3.05) is 0 Å². The van der Waals surface area contributed by atoms with Crippen molar-refractivity contribution < 1.29 is 4.74 Å². The van der Waals surface area contributed by atoms with Gasteiger partial charge in [0.25, 0.3) is 0 Å². The highest BCUT2D eigenvalue weighted by Gasteiger charge is 2.05. The minimum absolute atomic E-state index is 0.680. The summed E-state index contributed by atoms with van der Waals surface area (Å²) in [7, 11) is 0. The molecule has 0 N–H and O–H groups in total. The lowest BCUT2D eigenvalue weighted by Gasteiger charge is -2.10. The highest BCUT2D eigenvalue weighted by molar-refractivity contribution is 9.08. The normalized spacial score (nSPS) is 10.4. The molecule has 0 heterocycles. The zero-order chi connectivity index (χ0) is 13.0. The predicted octanol–water partition coefficient (Wildman–Crippen LogP) is 5.59. The van der Waals surface area contributed by atoms with Crippen LogP contribution in [0, 0.1) is 0 Å². The summed E-state index contributed by atoms with van der Waals surface area (Å²) in [5, 5.41) is 1.42. The molecule has 0 saturated carbocycles. The van der Waals surface area contributed by atoms with E-state index >= 15 is 0 Å². The number of alkyl halides is 1. The number of benzene rings is 2. The Morgan fingerprint density at radius 2 is 1.83 bits per heavy atom. The summed E-state index contributed by atoms with van der Waals surface area (Å²) in [6.07, 6.45) is 1.03. The topological polar surface area (TPSA) is 9.23 Å². The molecule has 0 atom stereocenters. The Hall–Kier alpha value is -0.990. The third-order valence-electron chi connectivity index (χ3n) is 2.73. The Bertz CT molecular complexity index is 523. The molecule has 0 aromatic heterocycles. The molecule has 94 valence electrons. The van der Waals surface area contributed by atoms with E-state index in [9.17, 15) is 0 Å². The van der Waals surface area contributed by atoms with Gasteiger partial charge in [-0.05, 0) is 36.2 Å². The predicted molar refractivity (Wildman–Crippen MR) is 80.0 cm³/mol. The van der Waals surface area contributed by atoms with E-state index in [1.54, 1.807) is 0 Å². The molecule has 0 fully saturated rings. The van der Waals surface area contributed by atoms with E-state index in [-0.39, 0.29) is 0 Å². The third kappa shape index (κ3) is 3.27. The van der Waals surface area contributed by atoms with Gasteiger partial charge in [0.1, 0.15) is 11.5 Å². The number of hydrogen-bond donors (Lipinski definition) is 0. The molecule has 0 amide bonds. The molecule has 0 aliphatic heterocycles. The Balaban J connectivity index is 2.24. The van der Waals surface area contributed by atoms with Crippen LogP contribution in [0.2, 0.25) is 5.02 Å². The first-order valence-electron chi connectivity index (χ1n) is 5.84. The van der Waals surface area contributed by atoms with Crippen LogP contribution in [-0.4, -0.2) is 0 Å². The van der Waals surface area contributed by atoms with Gasteiger partial charge < -0.3 is 4.74 Å². The maximum atomic E-state index is 5.99. The average Bonchev–Trinajstić information content (AvgIpc) is 2.40. The highest BCUT2D eigenvalue weighted by Crippen LogP contribution is 2.30. The first-order chi connectivity index (χ1) is 8.72. The van der Waals surface area contributed by atoms with Crippen LogP contribution in [0.4, 0.5) is 0 Å². The Kier molecular flexibility index (Phi) is 4.67. The maximum Gasteiger partial charge on any atom is 0.132 e. The molecule has 2 aromatic rings. The molecule has 2 aromatic carbocycles. The van der Waals surface area contributed by atoms with Crippen LogP contribution in [-0.2, 0) is 11.8 Å². The molecule has 0 saturated heterocycles. The van der Waals surface area contributed by atoms with Crippen LogP contribution >= 0.6 is 27.5 Å². The summed E-state index contributed by atoms with van der Waals surface area (Å²) in [5.41, 5.74) is 2.38. The number of ether oxygens (including phenoxy) is 1. The van der Waals surface area contributed by atoms with Gasteiger partial charge in [0, 0.05) is 15.9 Å². The van der Waals surface area contributed by atoms with Gasteiger partial charge in [-0.15, -0.1) is 0 Å². The second kappa shape index (κ2) is 6.26. The van der Waals surface area contributed by atoms with Crippen molar-refractivity contribution in [3.05, 3.63) is 58.6 Å². The van der Waals surface area contributed by atoms with E-state index in [0.717, 1.165) is 28.8 Å². The molecule has 0 aliphatic carbocycles. The van der Waals surface area contributed by atoms with Crippen LogP contribution < -0.4 is 4.74 Å². The van der Waals surface area contributed by atoms with E-state index in [4.69, 9.17) is 16.3 Å². The first-order valence-corrected chi connectivity index (χ1v) is 7.34. The first kappa shape index (κ1) is 13.4. The lowest BCUT2D eigenvalue weighted by atomic mass is 10.2. The van der Waals surface area contributed by atoms with E-state index in [1.165, 1.54) is 5.56 Å². The van der Waals surface area contributed by atoms with Gasteiger partial charge in [-0.25, -0.2) is 0 Å². The maximum absolute atomic E-state index is 5.99. The number of rotatable bonds is 4. The fraction of sp³-hybridized carbons (Fsp3) is 0.200. The summed E-state index contributed by atoms with van der Waals surface area (Å²) < 4.78 is 5.87. The fourth-order valence-electron chi connectivity index (χ4n) is 1.65. The largest absolute Gasteiger partial charge is 0.457 e. The van der Waals surface area contributed by atoms with Gasteiger partial charge in [0.2, 0.25) is 0 Å². The number of hydrogen-bond acceptors (Lipinski definition) is 1. The molecule has 0 radical (unpaired) electrons. The zero-order valence-corrected chi connectivity index (χ0v) is 12.5. The smallest absolute Gasteiger partial charge is 0.132 e. The van der Waals surface area contributed by atoms with Gasteiger partial charge >= 0.3 is 0 Å². The summed E-state index contributed by atoms with van der Waals surface area (Å²) >= 11 is 9.44. The van der Waals surface area contributed by atoms with Crippen molar-refractivity contribution in [2.45, 2.75) is 18.7 Å².